The average Bonchev–Trinajstić information content (AvgIpc) is 3.28. The molecule has 0 bridgehead atoms. The van der Waals surface area contributed by atoms with Crippen LogP contribution in [0.5, 0.6) is 0 Å². The number of rotatable bonds is 3. The van der Waals surface area contributed by atoms with Gasteiger partial charge in [0.2, 0.25) is 0 Å². The highest BCUT2D eigenvalue weighted by atomic mass is 15.8. The molecule has 0 aliphatic carbocycles. The summed E-state index contributed by atoms with van der Waals surface area (Å²) in [6.45, 7) is 13.8. The van der Waals surface area contributed by atoms with Crippen LogP contribution in [0.3, 0.4) is 0 Å². The molecule has 0 saturated carbocycles. The first-order chi connectivity index (χ1) is 11.6. The van der Waals surface area contributed by atoms with E-state index in [1.807, 2.05) is 0 Å². The monoisotopic (exact) mass is 334 g/mol. The molecule has 0 aromatic heterocycles. The van der Waals surface area contributed by atoms with Crippen LogP contribution in [0.1, 0.15) is 78.6 Å². The predicted octanol–water partition coefficient (Wildman–Crippen LogP) is 3.50. The van der Waals surface area contributed by atoms with Gasteiger partial charge < -0.3 is 0 Å². The van der Waals surface area contributed by atoms with E-state index in [0.29, 0.717) is 5.54 Å². The van der Waals surface area contributed by atoms with Crippen LogP contribution in [0.4, 0.5) is 0 Å². The minimum absolute atomic E-state index is 0.160. The second-order valence-corrected chi connectivity index (χ2v) is 9.27. The van der Waals surface area contributed by atoms with Crippen molar-refractivity contribution in [2.75, 3.05) is 32.7 Å². The summed E-state index contributed by atoms with van der Waals surface area (Å²) in [5, 5.41) is 5.64. The van der Waals surface area contributed by atoms with E-state index in [-0.39, 0.29) is 5.79 Å². The summed E-state index contributed by atoms with van der Waals surface area (Å²) >= 11 is 0. The Morgan fingerprint density at radius 1 is 0.750 bits per heavy atom. The third-order valence-corrected chi connectivity index (χ3v) is 7.32. The van der Waals surface area contributed by atoms with Gasteiger partial charge in [0.15, 0.2) is 0 Å². The topological polar surface area (TPSA) is 13.0 Å². The van der Waals surface area contributed by atoms with Crippen LogP contribution in [-0.2, 0) is 0 Å². The van der Waals surface area contributed by atoms with Crippen molar-refractivity contribution in [1.82, 2.24) is 19.8 Å². The standard InChI is InChI=1S/C20H38N4/c1-18-10-8-15-22(18)24-17-5-4-12-20(24,21-13-6-7-14-21)23-16-9-11-19(23,2)3/h18H,4-17H2,1-3H3. The molecule has 2 atom stereocenters. The number of likely N-dealkylation sites (tertiary alicyclic amines) is 2. The Bertz CT molecular complexity index is 445. The highest BCUT2D eigenvalue weighted by Crippen LogP contribution is 2.46. The summed E-state index contributed by atoms with van der Waals surface area (Å²) in [4.78, 5) is 5.81. The Morgan fingerprint density at radius 2 is 1.50 bits per heavy atom. The van der Waals surface area contributed by atoms with E-state index in [0.717, 1.165) is 6.04 Å². The number of hydrogen-bond acceptors (Lipinski definition) is 4. The van der Waals surface area contributed by atoms with E-state index >= 15 is 0 Å². The maximum atomic E-state index is 2.93. The second-order valence-electron chi connectivity index (χ2n) is 9.27. The van der Waals surface area contributed by atoms with E-state index in [9.17, 15) is 0 Å². The molecule has 4 heteroatoms. The average molecular weight is 335 g/mol. The normalized spacial score (nSPS) is 39.9. The Kier molecular flexibility index (Phi) is 4.70. The fourth-order valence-corrected chi connectivity index (χ4v) is 6.16. The lowest BCUT2D eigenvalue weighted by atomic mass is 9.94. The quantitative estimate of drug-likeness (QED) is 0.783. The van der Waals surface area contributed by atoms with Gasteiger partial charge in [-0.25, -0.2) is 10.0 Å². The van der Waals surface area contributed by atoms with Crippen molar-refractivity contribution in [2.45, 2.75) is 95.9 Å². The molecule has 4 aliphatic heterocycles. The summed E-state index contributed by atoms with van der Waals surface area (Å²) in [5.74, 6) is 0.160. The molecule has 4 heterocycles. The van der Waals surface area contributed by atoms with Gasteiger partial charge in [0.1, 0.15) is 5.79 Å². The first-order valence-electron chi connectivity index (χ1n) is 10.6. The molecule has 4 fully saturated rings. The highest BCUT2D eigenvalue weighted by Gasteiger charge is 2.56. The minimum atomic E-state index is 0.160. The van der Waals surface area contributed by atoms with Crippen LogP contribution in [0.15, 0.2) is 0 Å². The number of hydrogen-bond donors (Lipinski definition) is 0. The van der Waals surface area contributed by atoms with Gasteiger partial charge in [0.05, 0.1) is 0 Å². The summed E-state index contributed by atoms with van der Waals surface area (Å²) in [6.07, 6.45) is 12.3. The van der Waals surface area contributed by atoms with Gasteiger partial charge in [-0.15, -0.1) is 0 Å². The van der Waals surface area contributed by atoms with Crippen molar-refractivity contribution in [3.8, 4) is 0 Å². The van der Waals surface area contributed by atoms with E-state index in [2.05, 4.69) is 40.6 Å². The molecule has 4 saturated heterocycles. The summed E-state index contributed by atoms with van der Waals surface area (Å²) in [7, 11) is 0. The van der Waals surface area contributed by atoms with Gasteiger partial charge in [0.25, 0.3) is 0 Å². The molecule has 4 rings (SSSR count). The minimum Gasteiger partial charge on any atom is -0.272 e. The predicted molar refractivity (Wildman–Crippen MR) is 99.5 cm³/mol. The highest BCUT2D eigenvalue weighted by molar-refractivity contribution is 5.03. The van der Waals surface area contributed by atoms with Gasteiger partial charge in [-0.05, 0) is 78.6 Å². The maximum Gasteiger partial charge on any atom is 0.144 e. The first kappa shape index (κ1) is 17.3. The zero-order valence-electron chi connectivity index (χ0n) is 16.3. The van der Waals surface area contributed by atoms with Crippen LogP contribution >= 0.6 is 0 Å². The molecular weight excluding hydrogens is 296 g/mol. The Balaban J connectivity index is 1.74. The molecule has 0 aromatic carbocycles. The van der Waals surface area contributed by atoms with Crippen LogP contribution in [0, 0.1) is 0 Å². The lowest BCUT2D eigenvalue weighted by Gasteiger charge is -2.62. The van der Waals surface area contributed by atoms with Crippen LogP contribution < -0.4 is 0 Å². The van der Waals surface area contributed by atoms with Crippen molar-refractivity contribution in [1.29, 1.82) is 0 Å². The van der Waals surface area contributed by atoms with E-state index in [4.69, 9.17) is 0 Å². The Labute approximate surface area is 149 Å². The van der Waals surface area contributed by atoms with Gasteiger partial charge >= 0.3 is 0 Å². The Morgan fingerprint density at radius 3 is 2.12 bits per heavy atom. The van der Waals surface area contributed by atoms with E-state index in [1.54, 1.807) is 0 Å². The van der Waals surface area contributed by atoms with Crippen molar-refractivity contribution in [3.63, 3.8) is 0 Å². The molecule has 0 N–H and O–H groups in total. The van der Waals surface area contributed by atoms with Gasteiger partial charge in [-0.3, -0.25) is 9.80 Å². The van der Waals surface area contributed by atoms with Crippen molar-refractivity contribution in [2.24, 2.45) is 0 Å². The molecule has 0 spiro atoms. The lowest BCUT2D eigenvalue weighted by Crippen LogP contribution is -2.76. The largest absolute Gasteiger partial charge is 0.272 e. The Hall–Kier alpha value is -0.160. The molecule has 0 aromatic rings. The molecule has 4 aliphatic rings. The molecule has 2 unspecified atom stereocenters. The summed E-state index contributed by atoms with van der Waals surface area (Å²) in [6, 6.07) is 0.718. The fraction of sp³-hybridized carbons (Fsp3) is 1.00. The smallest absolute Gasteiger partial charge is 0.144 e. The summed E-state index contributed by atoms with van der Waals surface area (Å²) < 4.78 is 0. The molecule has 24 heavy (non-hydrogen) atoms. The second kappa shape index (κ2) is 6.53. The third kappa shape index (κ3) is 2.65. The van der Waals surface area contributed by atoms with Gasteiger partial charge in [-0.2, -0.15) is 0 Å². The molecule has 138 valence electrons. The van der Waals surface area contributed by atoms with Crippen molar-refractivity contribution in [3.05, 3.63) is 0 Å². The van der Waals surface area contributed by atoms with E-state index in [1.165, 1.54) is 90.5 Å². The fourth-order valence-electron chi connectivity index (χ4n) is 6.16. The van der Waals surface area contributed by atoms with Crippen LogP contribution in [-0.4, -0.2) is 69.9 Å². The summed E-state index contributed by atoms with van der Waals surface area (Å²) in [5.41, 5.74) is 0.334. The van der Waals surface area contributed by atoms with E-state index < -0.39 is 0 Å². The van der Waals surface area contributed by atoms with Crippen LogP contribution in [0.2, 0.25) is 0 Å². The van der Waals surface area contributed by atoms with Crippen molar-refractivity contribution >= 4 is 0 Å². The maximum absolute atomic E-state index is 2.93. The third-order valence-electron chi connectivity index (χ3n) is 7.32. The zero-order chi connectivity index (χ0) is 16.8. The van der Waals surface area contributed by atoms with Gasteiger partial charge in [-0.1, -0.05) is 0 Å². The molecule has 0 radical (unpaired) electrons. The molecule has 0 amide bonds. The number of hydrazine groups is 1. The molecular formula is C20H38N4. The number of nitrogens with zero attached hydrogens (tertiary/aromatic N) is 4. The first-order valence-corrected chi connectivity index (χ1v) is 10.6. The van der Waals surface area contributed by atoms with Crippen LogP contribution in [0.25, 0.3) is 0 Å². The number of piperidine rings is 1. The zero-order valence-corrected chi connectivity index (χ0v) is 16.3. The van der Waals surface area contributed by atoms with Gasteiger partial charge in [0, 0.05) is 44.3 Å². The lowest BCUT2D eigenvalue weighted by molar-refractivity contribution is -0.275. The van der Waals surface area contributed by atoms with Crippen molar-refractivity contribution < 1.29 is 0 Å². The SMILES string of the molecule is CC1CCCN1N1CCCCC1(N1CCCC1)N1CCCC1(C)C. The molecule has 4 nitrogen and oxygen atoms in total.